The van der Waals surface area contributed by atoms with Crippen molar-refractivity contribution < 1.29 is 14.3 Å². The van der Waals surface area contributed by atoms with Crippen LogP contribution in [0, 0.1) is 16.7 Å². The number of aromatic nitrogens is 1. The van der Waals surface area contributed by atoms with E-state index >= 15 is 0 Å². The minimum Gasteiger partial charge on any atom is -0.478 e. The van der Waals surface area contributed by atoms with E-state index in [1.807, 2.05) is 0 Å². The van der Waals surface area contributed by atoms with Crippen LogP contribution in [0.2, 0.25) is 0 Å². The summed E-state index contributed by atoms with van der Waals surface area (Å²) < 4.78 is 11.2. The first kappa shape index (κ1) is 23.2. The zero-order valence-corrected chi connectivity index (χ0v) is 18.1. The molecule has 5 heteroatoms. The fraction of sp³-hybridized carbons (Fsp3) is 0.708. The molecule has 29 heavy (non-hydrogen) atoms. The van der Waals surface area contributed by atoms with E-state index in [9.17, 15) is 10.1 Å². The number of ether oxygens (including phenoxy) is 2. The molecule has 0 N–H and O–H groups in total. The van der Waals surface area contributed by atoms with Gasteiger partial charge >= 0.3 is 5.97 Å². The smallest absolute Gasteiger partial charge is 0.339 e. The summed E-state index contributed by atoms with van der Waals surface area (Å²) in [5, 5.41) is 9.72. The Morgan fingerprint density at radius 1 is 1.14 bits per heavy atom. The van der Waals surface area contributed by atoms with Gasteiger partial charge in [-0.05, 0) is 44.6 Å². The maximum Gasteiger partial charge on any atom is 0.339 e. The first-order valence-corrected chi connectivity index (χ1v) is 11.3. The topological polar surface area (TPSA) is 72.2 Å². The van der Waals surface area contributed by atoms with Crippen molar-refractivity contribution in [1.29, 1.82) is 5.26 Å². The van der Waals surface area contributed by atoms with Crippen molar-refractivity contribution in [3.05, 3.63) is 23.9 Å². The number of hydrogen-bond donors (Lipinski definition) is 0. The highest BCUT2D eigenvalue weighted by atomic mass is 16.5. The third-order valence-electron chi connectivity index (χ3n) is 5.88. The molecule has 0 radical (unpaired) electrons. The summed E-state index contributed by atoms with van der Waals surface area (Å²) in [6.45, 7) is 4.95. The maximum absolute atomic E-state index is 12.4. The van der Waals surface area contributed by atoms with Gasteiger partial charge in [-0.15, -0.1) is 0 Å². The Labute approximate surface area is 175 Å². The molecule has 0 bridgehead atoms. The third kappa shape index (κ3) is 7.68. The second kappa shape index (κ2) is 12.5. The van der Waals surface area contributed by atoms with Crippen LogP contribution in [0.3, 0.4) is 0 Å². The normalized spacial score (nSPS) is 21.3. The molecule has 1 aliphatic rings. The summed E-state index contributed by atoms with van der Waals surface area (Å²) >= 11 is 0. The summed E-state index contributed by atoms with van der Waals surface area (Å²) in [6, 6.07) is 5.99. The fourth-order valence-corrected chi connectivity index (χ4v) is 3.87. The van der Waals surface area contributed by atoms with E-state index in [0.29, 0.717) is 18.1 Å². The van der Waals surface area contributed by atoms with E-state index in [-0.39, 0.29) is 17.5 Å². The first-order valence-electron chi connectivity index (χ1n) is 11.3. The number of esters is 1. The Morgan fingerprint density at radius 2 is 1.86 bits per heavy atom. The molecule has 1 fully saturated rings. The second-order valence-corrected chi connectivity index (χ2v) is 8.25. The molecule has 1 aromatic heterocycles. The lowest BCUT2D eigenvalue weighted by atomic mass is 9.71. The molecule has 5 nitrogen and oxygen atoms in total. The molecular weight excluding hydrogens is 364 g/mol. The average molecular weight is 401 g/mol. The summed E-state index contributed by atoms with van der Waals surface area (Å²) in [5.41, 5.74) is 0.217. The second-order valence-electron chi connectivity index (χ2n) is 8.25. The van der Waals surface area contributed by atoms with E-state index in [2.05, 4.69) is 24.9 Å². The van der Waals surface area contributed by atoms with Crippen molar-refractivity contribution in [2.24, 2.45) is 5.41 Å². The fourth-order valence-electron chi connectivity index (χ4n) is 3.87. The average Bonchev–Trinajstić information content (AvgIpc) is 2.75. The van der Waals surface area contributed by atoms with Gasteiger partial charge in [0.05, 0.1) is 23.7 Å². The van der Waals surface area contributed by atoms with E-state index in [1.54, 1.807) is 12.1 Å². The van der Waals surface area contributed by atoms with Crippen molar-refractivity contribution in [2.75, 3.05) is 6.61 Å². The number of hydrogen-bond acceptors (Lipinski definition) is 5. The molecule has 2 rings (SSSR count). The zero-order chi connectivity index (χ0) is 21.0. The first-order chi connectivity index (χ1) is 14.1. The summed E-state index contributed by atoms with van der Waals surface area (Å²) in [4.78, 5) is 16.6. The molecule has 1 heterocycles. The minimum atomic E-state index is -0.341. The predicted octanol–water partition coefficient (Wildman–Crippen LogP) is 6.23. The van der Waals surface area contributed by atoms with Crippen LogP contribution in [0.15, 0.2) is 18.3 Å². The Bertz CT molecular complexity index is 643. The van der Waals surface area contributed by atoms with Crippen molar-refractivity contribution >= 4 is 5.97 Å². The lowest BCUT2D eigenvalue weighted by Gasteiger charge is -2.34. The van der Waals surface area contributed by atoms with Crippen LogP contribution in [0.5, 0.6) is 5.88 Å². The molecular formula is C24H36N2O3. The van der Waals surface area contributed by atoms with Gasteiger partial charge in [0, 0.05) is 12.3 Å². The van der Waals surface area contributed by atoms with E-state index in [4.69, 9.17) is 9.47 Å². The third-order valence-corrected chi connectivity index (χ3v) is 5.88. The van der Waals surface area contributed by atoms with Crippen LogP contribution in [0.1, 0.15) is 101 Å². The Hall–Kier alpha value is -2.09. The highest BCUT2D eigenvalue weighted by Crippen LogP contribution is 2.41. The summed E-state index contributed by atoms with van der Waals surface area (Å²) in [6.07, 6.45) is 13.7. The van der Waals surface area contributed by atoms with Crippen LogP contribution in [0.4, 0.5) is 0 Å². The highest BCUT2D eigenvalue weighted by molar-refractivity contribution is 5.89. The van der Waals surface area contributed by atoms with Gasteiger partial charge in [-0.2, -0.15) is 5.26 Å². The van der Waals surface area contributed by atoms with Gasteiger partial charge in [-0.1, -0.05) is 52.4 Å². The van der Waals surface area contributed by atoms with Gasteiger partial charge in [0.1, 0.15) is 6.10 Å². The monoisotopic (exact) mass is 400 g/mol. The molecule has 0 atom stereocenters. The molecule has 1 aliphatic carbocycles. The van der Waals surface area contributed by atoms with Gasteiger partial charge in [0.15, 0.2) is 0 Å². The number of nitriles is 1. The zero-order valence-electron chi connectivity index (χ0n) is 18.1. The van der Waals surface area contributed by atoms with Crippen LogP contribution in [-0.2, 0) is 4.74 Å². The van der Waals surface area contributed by atoms with Crippen molar-refractivity contribution in [1.82, 2.24) is 4.98 Å². The summed E-state index contributed by atoms with van der Waals surface area (Å²) in [5.74, 6) is 0.192. The Balaban J connectivity index is 1.76. The largest absolute Gasteiger partial charge is 0.478 e. The van der Waals surface area contributed by atoms with Crippen LogP contribution < -0.4 is 4.74 Å². The van der Waals surface area contributed by atoms with Gasteiger partial charge < -0.3 is 9.47 Å². The molecule has 0 saturated heterocycles. The standard InChI is InChI=1S/C24H36N2O3/c1-3-5-7-8-9-14-24(19-25)15-12-21(13-16-24)29-23(27)20-10-11-22(26-18-20)28-17-6-4-2/h10-11,18,21H,3-9,12-17H2,1-2H3. The molecule has 0 spiro atoms. The van der Waals surface area contributed by atoms with Gasteiger partial charge in [0.25, 0.3) is 0 Å². The number of nitrogens with zero attached hydrogens (tertiary/aromatic N) is 2. The molecule has 0 unspecified atom stereocenters. The molecule has 160 valence electrons. The Kier molecular flexibility index (Phi) is 9.97. The molecule has 1 saturated carbocycles. The van der Waals surface area contributed by atoms with Gasteiger partial charge in [-0.25, -0.2) is 9.78 Å². The van der Waals surface area contributed by atoms with E-state index in [1.165, 1.54) is 31.9 Å². The number of carbonyl (C=O) groups excluding carboxylic acids is 1. The molecule has 0 aliphatic heterocycles. The van der Waals surface area contributed by atoms with Crippen molar-refractivity contribution in [3.8, 4) is 11.9 Å². The number of unbranched alkanes of at least 4 members (excludes halogenated alkanes) is 5. The van der Waals surface area contributed by atoms with E-state index < -0.39 is 0 Å². The van der Waals surface area contributed by atoms with Gasteiger partial charge in [0.2, 0.25) is 5.88 Å². The van der Waals surface area contributed by atoms with Crippen LogP contribution in [-0.4, -0.2) is 23.7 Å². The lowest BCUT2D eigenvalue weighted by Crippen LogP contribution is -2.31. The molecule has 0 aromatic carbocycles. The number of pyridine rings is 1. The predicted molar refractivity (Wildman–Crippen MR) is 114 cm³/mol. The lowest BCUT2D eigenvalue weighted by molar-refractivity contribution is 0.0104. The molecule has 1 aromatic rings. The number of rotatable bonds is 12. The SMILES string of the molecule is CCCCCCCC1(C#N)CCC(OC(=O)c2ccc(OCCCC)nc2)CC1. The summed E-state index contributed by atoms with van der Waals surface area (Å²) in [7, 11) is 0. The van der Waals surface area contributed by atoms with Crippen molar-refractivity contribution in [2.45, 2.75) is 97.0 Å². The number of carbonyl (C=O) groups is 1. The minimum absolute atomic E-state index is 0.107. The Morgan fingerprint density at radius 3 is 2.48 bits per heavy atom. The highest BCUT2D eigenvalue weighted by Gasteiger charge is 2.36. The van der Waals surface area contributed by atoms with Crippen LogP contribution in [0.25, 0.3) is 0 Å². The van der Waals surface area contributed by atoms with Crippen molar-refractivity contribution in [3.63, 3.8) is 0 Å². The maximum atomic E-state index is 12.4. The van der Waals surface area contributed by atoms with Crippen LogP contribution >= 0.6 is 0 Å². The van der Waals surface area contributed by atoms with Gasteiger partial charge in [-0.3, -0.25) is 0 Å². The molecule has 0 amide bonds. The quantitative estimate of drug-likeness (QED) is 0.307. The van der Waals surface area contributed by atoms with E-state index in [0.717, 1.165) is 51.4 Å².